The van der Waals surface area contributed by atoms with E-state index in [0.717, 1.165) is 16.8 Å². The molecule has 1 aromatic carbocycles. The van der Waals surface area contributed by atoms with Gasteiger partial charge in [-0.2, -0.15) is 0 Å². The van der Waals surface area contributed by atoms with Crippen molar-refractivity contribution in [2.45, 2.75) is 19.4 Å². The molecule has 0 unspecified atom stereocenters. The predicted octanol–water partition coefficient (Wildman–Crippen LogP) is 2.00. The second kappa shape index (κ2) is 3.79. The standard InChI is InChI=1S/C12H17N3O/c1-12(2,7-13)15(3)9-4-5-10-11(6-9)16-8-14-10/h4-6,8H,7,13H2,1-3H3. The second-order valence-corrected chi connectivity index (χ2v) is 4.58. The van der Waals surface area contributed by atoms with Crippen LogP contribution in [0.2, 0.25) is 0 Å². The first-order chi connectivity index (χ1) is 7.54. The number of anilines is 1. The lowest BCUT2D eigenvalue weighted by molar-refractivity contribution is 0.498. The van der Waals surface area contributed by atoms with Crippen molar-refractivity contribution in [3.8, 4) is 0 Å². The molecule has 0 bridgehead atoms. The first-order valence-corrected chi connectivity index (χ1v) is 5.32. The Morgan fingerprint density at radius 3 is 2.88 bits per heavy atom. The molecule has 0 atom stereocenters. The van der Waals surface area contributed by atoms with E-state index in [4.69, 9.17) is 10.2 Å². The van der Waals surface area contributed by atoms with Crippen molar-refractivity contribution in [1.29, 1.82) is 0 Å². The normalized spacial score (nSPS) is 12.0. The fraction of sp³-hybridized carbons (Fsp3) is 0.417. The maximum absolute atomic E-state index is 5.76. The van der Waals surface area contributed by atoms with E-state index < -0.39 is 0 Å². The van der Waals surface area contributed by atoms with Crippen molar-refractivity contribution < 1.29 is 4.42 Å². The van der Waals surface area contributed by atoms with E-state index in [9.17, 15) is 0 Å². The van der Waals surface area contributed by atoms with E-state index in [1.165, 1.54) is 6.39 Å². The maximum Gasteiger partial charge on any atom is 0.181 e. The van der Waals surface area contributed by atoms with Crippen LogP contribution in [-0.2, 0) is 0 Å². The van der Waals surface area contributed by atoms with Gasteiger partial charge in [-0.05, 0) is 26.0 Å². The zero-order chi connectivity index (χ0) is 11.8. The molecule has 0 amide bonds. The number of nitrogens with two attached hydrogens (primary N) is 1. The topological polar surface area (TPSA) is 55.3 Å². The van der Waals surface area contributed by atoms with Gasteiger partial charge in [0.05, 0.1) is 0 Å². The van der Waals surface area contributed by atoms with Crippen molar-refractivity contribution in [3.63, 3.8) is 0 Å². The molecule has 0 saturated heterocycles. The zero-order valence-electron chi connectivity index (χ0n) is 9.90. The summed E-state index contributed by atoms with van der Waals surface area (Å²) in [7, 11) is 2.03. The molecular weight excluding hydrogens is 202 g/mol. The highest BCUT2D eigenvalue weighted by Crippen LogP contribution is 2.25. The van der Waals surface area contributed by atoms with E-state index >= 15 is 0 Å². The number of likely N-dealkylation sites (N-methyl/N-ethyl adjacent to an activating group) is 1. The van der Waals surface area contributed by atoms with Crippen molar-refractivity contribution in [2.75, 3.05) is 18.5 Å². The van der Waals surface area contributed by atoms with Crippen molar-refractivity contribution in [2.24, 2.45) is 5.73 Å². The fourth-order valence-corrected chi connectivity index (χ4v) is 1.54. The average Bonchev–Trinajstić information content (AvgIpc) is 2.74. The molecule has 0 aliphatic heterocycles. The molecule has 0 spiro atoms. The van der Waals surface area contributed by atoms with Gasteiger partial charge >= 0.3 is 0 Å². The molecule has 0 radical (unpaired) electrons. The van der Waals surface area contributed by atoms with Crippen LogP contribution < -0.4 is 10.6 Å². The first kappa shape index (κ1) is 11.0. The third kappa shape index (κ3) is 1.76. The highest BCUT2D eigenvalue weighted by molar-refractivity contribution is 5.77. The number of rotatable bonds is 3. The van der Waals surface area contributed by atoms with Gasteiger partial charge in [0.2, 0.25) is 0 Å². The van der Waals surface area contributed by atoms with Gasteiger partial charge in [0, 0.05) is 30.9 Å². The monoisotopic (exact) mass is 219 g/mol. The summed E-state index contributed by atoms with van der Waals surface area (Å²) in [6.45, 7) is 4.81. The van der Waals surface area contributed by atoms with Gasteiger partial charge in [-0.25, -0.2) is 4.98 Å². The van der Waals surface area contributed by atoms with Gasteiger partial charge in [-0.3, -0.25) is 0 Å². The summed E-state index contributed by atoms with van der Waals surface area (Å²) in [6, 6.07) is 5.97. The Labute approximate surface area is 95.1 Å². The van der Waals surface area contributed by atoms with E-state index in [2.05, 4.69) is 23.7 Å². The van der Waals surface area contributed by atoms with Crippen LogP contribution in [-0.4, -0.2) is 24.1 Å². The summed E-state index contributed by atoms with van der Waals surface area (Å²) in [5.41, 5.74) is 8.45. The largest absolute Gasteiger partial charge is 0.443 e. The van der Waals surface area contributed by atoms with Crippen LogP contribution in [0, 0.1) is 0 Å². The van der Waals surface area contributed by atoms with E-state index in [1.807, 2.05) is 25.2 Å². The molecule has 4 heteroatoms. The lowest BCUT2D eigenvalue weighted by atomic mass is 10.0. The van der Waals surface area contributed by atoms with Gasteiger partial charge in [0.1, 0.15) is 5.52 Å². The molecule has 2 rings (SSSR count). The Hall–Kier alpha value is -1.55. The van der Waals surface area contributed by atoms with Crippen LogP contribution >= 0.6 is 0 Å². The van der Waals surface area contributed by atoms with Crippen molar-refractivity contribution >= 4 is 16.8 Å². The van der Waals surface area contributed by atoms with Crippen LogP contribution in [0.3, 0.4) is 0 Å². The molecule has 0 aliphatic carbocycles. The lowest BCUT2D eigenvalue weighted by Crippen LogP contribution is -2.47. The van der Waals surface area contributed by atoms with E-state index in [-0.39, 0.29) is 5.54 Å². The minimum atomic E-state index is -0.0757. The van der Waals surface area contributed by atoms with E-state index in [0.29, 0.717) is 6.54 Å². The smallest absolute Gasteiger partial charge is 0.181 e. The Morgan fingerprint density at radius 1 is 1.44 bits per heavy atom. The molecule has 0 saturated carbocycles. The molecule has 16 heavy (non-hydrogen) atoms. The number of aromatic nitrogens is 1. The summed E-state index contributed by atoms with van der Waals surface area (Å²) in [4.78, 5) is 6.24. The highest BCUT2D eigenvalue weighted by atomic mass is 16.3. The van der Waals surface area contributed by atoms with Crippen LogP contribution in [0.4, 0.5) is 5.69 Å². The quantitative estimate of drug-likeness (QED) is 0.857. The van der Waals surface area contributed by atoms with Crippen LogP contribution in [0.15, 0.2) is 29.0 Å². The van der Waals surface area contributed by atoms with Gasteiger partial charge in [-0.15, -0.1) is 0 Å². The van der Waals surface area contributed by atoms with Gasteiger partial charge in [0.25, 0.3) is 0 Å². The highest BCUT2D eigenvalue weighted by Gasteiger charge is 2.22. The molecule has 0 fully saturated rings. The summed E-state index contributed by atoms with van der Waals surface area (Å²) < 4.78 is 5.29. The van der Waals surface area contributed by atoms with Gasteiger partial charge in [0.15, 0.2) is 12.0 Å². The second-order valence-electron chi connectivity index (χ2n) is 4.58. The lowest BCUT2D eigenvalue weighted by Gasteiger charge is -2.36. The fourth-order valence-electron chi connectivity index (χ4n) is 1.54. The maximum atomic E-state index is 5.76. The van der Waals surface area contributed by atoms with Crippen LogP contribution in [0.5, 0.6) is 0 Å². The van der Waals surface area contributed by atoms with Crippen LogP contribution in [0.1, 0.15) is 13.8 Å². The van der Waals surface area contributed by atoms with Gasteiger partial charge in [-0.1, -0.05) is 0 Å². The SMILES string of the molecule is CN(c1ccc2ncoc2c1)C(C)(C)CN. The summed E-state index contributed by atoms with van der Waals surface area (Å²) in [6.07, 6.45) is 1.46. The average molecular weight is 219 g/mol. The number of hydrogen-bond donors (Lipinski definition) is 1. The summed E-state index contributed by atoms with van der Waals surface area (Å²) >= 11 is 0. The molecule has 86 valence electrons. The number of fused-ring (bicyclic) bond motifs is 1. The Kier molecular flexibility index (Phi) is 2.59. The molecule has 4 nitrogen and oxygen atoms in total. The Morgan fingerprint density at radius 2 is 2.19 bits per heavy atom. The number of hydrogen-bond acceptors (Lipinski definition) is 4. The minimum absolute atomic E-state index is 0.0757. The molecule has 2 aromatic rings. The number of benzene rings is 1. The van der Waals surface area contributed by atoms with Crippen molar-refractivity contribution in [3.05, 3.63) is 24.6 Å². The molecule has 1 heterocycles. The minimum Gasteiger partial charge on any atom is -0.443 e. The van der Waals surface area contributed by atoms with Crippen molar-refractivity contribution in [1.82, 2.24) is 4.98 Å². The van der Waals surface area contributed by atoms with Gasteiger partial charge < -0.3 is 15.1 Å². The van der Waals surface area contributed by atoms with E-state index in [1.54, 1.807) is 0 Å². The summed E-state index contributed by atoms with van der Waals surface area (Å²) in [5.74, 6) is 0. The summed E-state index contributed by atoms with van der Waals surface area (Å²) in [5, 5.41) is 0. The Bertz CT molecular complexity index is 490. The number of oxazole rings is 1. The zero-order valence-corrected chi connectivity index (χ0v) is 9.90. The molecular formula is C12H17N3O. The third-order valence-corrected chi connectivity index (χ3v) is 3.11. The molecule has 0 aliphatic rings. The van der Waals surface area contributed by atoms with Crippen LogP contribution in [0.25, 0.3) is 11.1 Å². The number of nitrogens with zero attached hydrogens (tertiary/aromatic N) is 2. The third-order valence-electron chi connectivity index (χ3n) is 3.11. The Balaban J connectivity index is 2.39. The molecule has 2 N–H and O–H groups in total. The predicted molar refractivity (Wildman–Crippen MR) is 65.5 cm³/mol. The first-order valence-electron chi connectivity index (χ1n) is 5.32. The molecule has 1 aromatic heterocycles.